The molecule has 0 saturated heterocycles. The second kappa shape index (κ2) is 8.43. The lowest BCUT2D eigenvalue weighted by Crippen LogP contribution is -2.28. The van der Waals surface area contributed by atoms with Crippen LogP contribution in [0.1, 0.15) is 40.0 Å². The van der Waals surface area contributed by atoms with Crippen LogP contribution in [0.4, 0.5) is 0 Å². The van der Waals surface area contributed by atoms with Crippen molar-refractivity contribution in [1.82, 2.24) is 9.80 Å². The Morgan fingerprint density at radius 1 is 1.16 bits per heavy atom. The van der Waals surface area contributed by atoms with Crippen LogP contribution in [0.5, 0.6) is 0 Å². The van der Waals surface area contributed by atoms with Crippen LogP contribution in [0.2, 0.25) is 0 Å². The molecule has 2 aromatic rings. The van der Waals surface area contributed by atoms with Crippen molar-refractivity contribution in [2.45, 2.75) is 39.7 Å². The molecule has 0 spiro atoms. The van der Waals surface area contributed by atoms with Crippen molar-refractivity contribution in [3.8, 4) is 0 Å². The first kappa shape index (κ1) is 18.6. The van der Waals surface area contributed by atoms with Crippen molar-refractivity contribution in [1.29, 1.82) is 0 Å². The van der Waals surface area contributed by atoms with Crippen molar-refractivity contribution in [3.63, 3.8) is 0 Å². The first-order chi connectivity index (χ1) is 12.0. The van der Waals surface area contributed by atoms with E-state index < -0.39 is 0 Å². The molecule has 4 heteroatoms. The Morgan fingerprint density at radius 3 is 2.68 bits per heavy atom. The standard InChI is InChI=1S/C21H28N2S2/c1-16-13-18-15-23(21(24)20(18)14-17(16)2)11-6-10-22(3)9-4-7-19-8-5-12-25-19/h5,8,12-14H,4,6-7,9-11,15H2,1-3H3. The second-order valence-electron chi connectivity index (χ2n) is 7.16. The summed E-state index contributed by atoms with van der Waals surface area (Å²) in [5.41, 5.74) is 5.39. The van der Waals surface area contributed by atoms with Crippen molar-refractivity contribution < 1.29 is 0 Å². The Morgan fingerprint density at radius 2 is 1.92 bits per heavy atom. The maximum absolute atomic E-state index is 5.71. The quantitative estimate of drug-likeness (QED) is 0.614. The third kappa shape index (κ3) is 4.69. The van der Waals surface area contributed by atoms with Gasteiger partial charge in [-0.25, -0.2) is 0 Å². The molecule has 25 heavy (non-hydrogen) atoms. The molecule has 1 aromatic carbocycles. The first-order valence-electron chi connectivity index (χ1n) is 9.15. The van der Waals surface area contributed by atoms with Gasteiger partial charge in [0.15, 0.2) is 0 Å². The Balaban J connectivity index is 1.40. The minimum atomic E-state index is 0.984. The van der Waals surface area contributed by atoms with Gasteiger partial charge in [0.1, 0.15) is 4.99 Å². The molecule has 1 aliphatic heterocycles. The van der Waals surface area contributed by atoms with E-state index in [2.05, 4.69) is 60.3 Å². The molecule has 0 radical (unpaired) electrons. The highest BCUT2D eigenvalue weighted by Crippen LogP contribution is 2.26. The normalized spacial score (nSPS) is 13.8. The SMILES string of the molecule is Cc1cc2c(cc1C)C(=S)N(CCCN(C)CCCc1cccs1)C2. The number of nitrogens with zero attached hydrogens (tertiary/aromatic N) is 2. The lowest BCUT2D eigenvalue weighted by atomic mass is 10.0. The summed E-state index contributed by atoms with van der Waals surface area (Å²) in [5.74, 6) is 0. The highest BCUT2D eigenvalue weighted by Gasteiger charge is 2.24. The summed E-state index contributed by atoms with van der Waals surface area (Å²) >= 11 is 7.57. The molecule has 0 N–H and O–H groups in total. The number of hydrogen-bond donors (Lipinski definition) is 0. The maximum atomic E-state index is 5.71. The van der Waals surface area contributed by atoms with Crippen molar-refractivity contribution in [2.75, 3.05) is 26.7 Å². The zero-order chi connectivity index (χ0) is 17.8. The van der Waals surface area contributed by atoms with Gasteiger partial charge in [-0.05, 0) is 87.5 Å². The Bertz CT molecular complexity index is 722. The van der Waals surface area contributed by atoms with Gasteiger partial charge in [0, 0.05) is 23.5 Å². The molecule has 0 unspecified atom stereocenters. The highest BCUT2D eigenvalue weighted by atomic mass is 32.1. The van der Waals surface area contributed by atoms with E-state index in [9.17, 15) is 0 Å². The van der Waals surface area contributed by atoms with Crippen LogP contribution in [0.25, 0.3) is 0 Å². The number of hydrogen-bond acceptors (Lipinski definition) is 3. The van der Waals surface area contributed by atoms with Gasteiger partial charge in [-0.2, -0.15) is 0 Å². The van der Waals surface area contributed by atoms with Crippen LogP contribution in [-0.2, 0) is 13.0 Å². The lowest BCUT2D eigenvalue weighted by molar-refractivity contribution is 0.304. The molecule has 134 valence electrons. The number of rotatable bonds is 8. The van der Waals surface area contributed by atoms with E-state index in [1.54, 1.807) is 0 Å². The largest absolute Gasteiger partial charge is 0.358 e. The zero-order valence-corrected chi connectivity index (χ0v) is 17.2. The average Bonchev–Trinajstić information content (AvgIpc) is 3.18. The minimum Gasteiger partial charge on any atom is -0.358 e. The van der Waals surface area contributed by atoms with E-state index in [1.807, 2.05) is 11.3 Å². The van der Waals surface area contributed by atoms with Gasteiger partial charge in [-0.3, -0.25) is 0 Å². The fraction of sp³-hybridized carbons (Fsp3) is 0.476. The van der Waals surface area contributed by atoms with E-state index in [1.165, 1.54) is 52.9 Å². The summed E-state index contributed by atoms with van der Waals surface area (Å²) in [6, 6.07) is 8.96. The number of thiophene rings is 1. The molecule has 3 rings (SSSR count). The molecular weight excluding hydrogens is 344 g/mol. The van der Waals surface area contributed by atoms with Gasteiger partial charge in [0.25, 0.3) is 0 Å². The van der Waals surface area contributed by atoms with Crippen LogP contribution < -0.4 is 0 Å². The molecule has 2 nitrogen and oxygen atoms in total. The summed E-state index contributed by atoms with van der Waals surface area (Å²) in [6.45, 7) is 8.70. The topological polar surface area (TPSA) is 6.48 Å². The van der Waals surface area contributed by atoms with Crippen LogP contribution in [0.3, 0.4) is 0 Å². The third-order valence-corrected chi connectivity index (χ3v) is 6.52. The van der Waals surface area contributed by atoms with Gasteiger partial charge in [0.05, 0.1) is 0 Å². The van der Waals surface area contributed by atoms with Crippen LogP contribution in [-0.4, -0.2) is 41.5 Å². The Kier molecular flexibility index (Phi) is 6.26. The Hall–Kier alpha value is -1.23. The van der Waals surface area contributed by atoms with Crippen molar-refractivity contribution in [2.24, 2.45) is 0 Å². The minimum absolute atomic E-state index is 0.984. The van der Waals surface area contributed by atoms with E-state index >= 15 is 0 Å². The number of thiocarbonyl (C=S) groups is 1. The predicted molar refractivity (Wildman–Crippen MR) is 113 cm³/mol. The molecule has 0 aliphatic carbocycles. The van der Waals surface area contributed by atoms with Gasteiger partial charge in [0.2, 0.25) is 0 Å². The second-order valence-corrected chi connectivity index (χ2v) is 8.58. The fourth-order valence-electron chi connectivity index (χ4n) is 3.46. The first-order valence-corrected chi connectivity index (χ1v) is 10.4. The summed E-state index contributed by atoms with van der Waals surface area (Å²) in [6.07, 6.45) is 3.61. The maximum Gasteiger partial charge on any atom is 0.109 e. The number of aryl methyl sites for hydroxylation is 3. The molecule has 0 bridgehead atoms. The molecule has 1 aliphatic rings. The fourth-order valence-corrected chi connectivity index (χ4v) is 4.55. The van der Waals surface area contributed by atoms with Gasteiger partial charge < -0.3 is 9.80 Å². The van der Waals surface area contributed by atoms with E-state index in [0.29, 0.717) is 0 Å². The van der Waals surface area contributed by atoms with Crippen LogP contribution in [0, 0.1) is 13.8 Å². The summed E-state index contributed by atoms with van der Waals surface area (Å²) < 4.78 is 0. The van der Waals surface area contributed by atoms with Crippen LogP contribution >= 0.6 is 23.6 Å². The molecule has 0 amide bonds. The molecule has 1 aromatic heterocycles. The molecule has 0 saturated carbocycles. The van der Waals surface area contributed by atoms with Crippen LogP contribution in [0.15, 0.2) is 29.6 Å². The van der Waals surface area contributed by atoms with E-state index in [4.69, 9.17) is 12.2 Å². The van der Waals surface area contributed by atoms with Gasteiger partial charge in [-0.1, -0.05) is 24.4 Å². The third-order valence-electron chi connectivity index (χ3n) is 5.11. The number of benzene rings is 1. The molecule has 0 atom stereocenters. The molecular formula is C21H28N2S2. The smallest absolute Gasteiger partial charge is 0.109 e. The zero-order valence-electron chi connectivity index (χ0n) is 15.5. The van der Waals surface area contributed by atoms with Gasteiger partial charge in [-0.15, -0.1) is 11.3 Å². The highest BCUT2D eigenvalue weighted by molar-refractivity contribution is 7.80. The van der Waals surface area contributed by atoms with E-state index in [0.717, 1.165) is 24.6 Å². The lowest BCUT2D eigenvalue weighted by Gasteiger charge is -2.21. The summed E-state index contributed by atoms with van der Waals surface area (Å²) in [7, 11) is 2.23. The van der Waals surface area contributed by atoms with Gasteiger partial charge >= 0.3 is 0 Å². The van der Waals surface area contributed by atoms with Crippen molar-refractivity contribution in [3.05, 3.63) is 56.8 Å². The van der Waals surface area contributed by atoms with Crippen molar-refractivity contribution >= 4 is 28.5 Å². The Labute approximate surface area is 161 Å². The predicted octanol–water partition coefficient (Wildman–Crippen LogP) is 4.81. The van der Waals surface area contributed by atoms with E-state index in [-0.39, 0.29) is 0 Å². The monoisotopic (exact) mass is 372 g/mol. The average molecular weight is 373 g/mol. The number of fused-ring (bicyclic) bond motifs is 1. The summed E-state index contributed by atoms with van der Waals surface area (Å²) in [4.78, 5) is 7.37. The molecule has 0 fully saturated rings. The summed E-state index contributed by atoms with van der Waals surface area (Å²) in [5, 5.41) is 2.17. The molecule has 2 heterocycles.